The molecule has 0 bridgehead atoms. The van der Waals surface area contributed by atoms with Crippen LogP contribution in [0.5, 0.6) is 0 Å². The predicted molar refractivity (Wildman–Crippen MR) is 87.3 cm³/mol. The van der Waals surface area contributed by atoms with Crippen molar-refractivity contribution in [3.8, 4) is 0 Å². The Kier molecular flexibility index (Phi) is 4.52. The van der Waals surface area contributed by atoms with Gasteiger partial charge in [-0.25, -0.2) is 4.79 Å². The third-order valence-electron chi connectivity index (χ3n) is 4.80. The van der Waals surface area contributed by atoms with Crippen LogP contribution in [0.3, 0.4) is 0 Å². The van der Waals surface area contributed by atoms with Crippen LogP contribution in [0, 0.1) is 6.92 Å². The zero-order chi connectivity index (χ0) is 16.4. The van der Waals surface area contributed by atoms with E-state index in [1.807, 2.05) is 41.0 Å². The smallest absolute Gasteiger partial charge is 0.322 e. The molecular formula is C17H23N3O3. The molecule has 2 aliphatic rings. The number of anilines is 1. The Balaban J connectivity index is 1.67. The van der Waals surface area contributed by atoms with Crippen LogP contribution in [0.1, 0.15) is 18.4 Å². The quantitative estimate of drug-likeness (QED) is 0.922. The molecule has 124 valence electrons. The average molecular weight is 317 g/mol. The monoisotopic (exact) mass is 317 g/mol. The summed E-state index contributed by atoms with van der Waals surface area (Å²) in [5.74, 6) is 0.116. The molecule has 1 aromatic carbocycles. The van der Waals surface area contributed by atoms with E-state index in [2.05, 4.69) is 5.32 Å². The van der Waals surface area contributed by atoms with Crippen molar-refractivity contribution in [2.75, 3.05) is 32.1 Å². The first-order chi connectivity index (χ1) is 11.1. The number of carbonyl (C=O) groups is 2. The van der Waals surface area contributed by atoms with Crippen molar-refractivity contribution < 1.29 is 14.3 Å². The highest BCUT2D eigenvalue weighted by Gasteiger charge is 2.48. The lowest BCUT2D eigenvalue weighted by atomic mass is 10.1. The topological polar surface area (TPSA) is 61.9 Å². The fraction of sp³-hybridized carbons (Fsp3) is 0.529. The minimum atomic E-state index is -0.117. The van der Waals surface area contributed by atoms with Gasteiger partial charge in [-0.2, -0.15) is 0 Å². The molecule has 1 aromatic rings. The summed E-state index contributed by atoms with van der Waals surface area (Å²) in [7, 11) is 1.63. The molecule has 0 aromatic heterocycles. The number of fused-ring (bicyclic) bond motifs is 1. The van der Waals surface area contributed by atoms with Gasteiger partial charge in [0, 0.05) is 32.3 Å². The molecule has 6 nitrogen and oxygen atoms in total. The van der Waals surface area contributed by atoms with Gasteiger partial charge in [-0.05, 0) is 25.0 Å². The summed E-state index contributed by atoms with van der Waals surface area (Å²) in [5, 5.41) is 2.97. The van der Waals surface area contributed by atoms with Gasteiger partial charge in [0.15, 0.2) is 0 Å². The normalized spacial score (nSPS) is 23.3. The van der Waals surface area contributed by atoms with Crippen molar-refractivity contribution in [2.45, 2.75) is 31.8 Å². The van der Waals surface area contributed by atoms with E-state index in [1.54, 1.807) is 7.11 Å². The predicted octanol–water partition coefficient (Wildman–Crippen LogP) is 1.85. The highest BCUT2D eigenvalue weighted by Crippen LogP contribution is 2.32. The van der Waals surface area contributed by atoms with Crippen LogP contribution < -0.4 is 5.32 Å². The van der Waals surface area contributed by atoms with E-state index in [0.717, 1.165) is 17.7 Å². The SMILES string of the molecule is COCCN1C(=O)CC2C1CCN2C(=O)Nc1ccccc1C. The van der Waals surface area contributed by atoms with Crippen LogP contribution in [0.4, 0.5) is 10.5 Å². The maximum atomic E-state index is 12.6. The number of benzene rings is 1. The summed E-state index contributed by atoms with van der Waals surface area (Å²) in [6, 6.07) is 7.69. The minimum absolute atomic E-state index is 0.0247. The number of urea groups is 1. The van der Waals surface area contributed by atoms with Gasteiger partial charge < -0.3 is 19.9 Å². The van der Waals surface area contributed by atoms with Gasteiger partial charge in [0.1, 0.15) is 0 Å². The van der Waals surface area contributed by atoms with Gasteiger partial charge in [-0.1, -0.05) is 18.2 Å². The molecule has 2 aliphatic heterocycles. The zero-order valence-electron chi connectivity index (χ0n) is 13.6. The molecule has 1 N–H and O–H groups in total. The first kappa shape index (κ1) is 15.8. The summed E-state index contributed by atoms with van der Waals surface area (Å²) < 4.78 is 5.08. The Morgan fingerprint density at radius 3 is 2.87 bits per heavy atom. The number of hydrogen-bond acceptors (Lipinski definition) is 3. The lowest BCUT2D eigenvalue weighted by molar-refractivity contribution is -0.129. The molecule has 0 radical (unpaired) electrons. The van der Waals surface area contributed by atoms with Crippen LogP contribution in [0.25, 0.3) is 0 Å². The van der Waals surface area contributed by atoms with Gasteiger partial charge in [-0.15, -0.1) is 0 Å². The van der Waals surface area contributed by atoms with Crippen LogP contribution in [0.2, 0.25) is 0 Å². The molecule has 23 heavy (non-hydrogen) atoms. The van der Waals surface area contributed by atoms with Gasteiger partial charge in [0.2, 0.25) is 5.91 Å². The Morgan fingerprint density at radius 1 is 1.35 bits per heavy atom. The maximum Gasteiger partial charge on any atom is 0.322 e. The second-order valence-electron chi connectivity index (χ2n) is 6.15. The summed E-state index contributed by atoms with van der Waals surface area (Å²) in [6.45, 7) is 3.78. The number of nitrogens with one attached hydrogen (secondary N) is 1. The van der Waals surface area contributed by atoms with E-state index in [4.69, 9.17) is 4.74 Å². The number of para-hydroxylation sites is 1. The highest BCUT2D eigenvalue weighted by atomic mass is 16.5. The van der Waals surface area contributed by atoms with Gasteiger partial charge in [0.05, 0.1) is 18.7 Å². The van der Waals surface area contributed by atoms with Crippen molar-refractivity contribution in [3.05, 3.63) is 29.8 Å². The van der Waals surface area contributed by atoms with Crippen LogP contribution in [-0.2, 0) is 9.53 Å². The number of nitrogens with zero attached hydrogens (tertiary/aromatic N) is 2. The summed E-state index contributed by atoms with van der Waals surface area (Å²) in [5.41, 5.74) is 1.85. The van der Waals surface area contributed by atoms with E-state index in [9.17, 15) is 9.59 Å². The molecule has 2 fully saturated rings. The van der Waals surface area contributed by atoms with Crippen molar-refractivity contribution in [2.24, 2.45) is 0 Å². The molecule has 0 aliphatic carbocycles. The van der Waals surface area contributed by atoms with Crippen LogP contribution in [0.15, 0.2) is 24.3 Å². The molecular weight excluding hydrogens is 294 g/mol. The standard InChI is InChI=1S/C17H23N3O3/c1-12-5-3-4-6-13(12)18-17(22)20-8-7-14-15(20)11-16(21)19(14)9-10-23-2/h3-6,14-15H,7-11H2,1-2H3,(H,18,22). The van der Waals surface area contributed by atoms with Crippen LogP contribution >= 0.6 is 0 Å². The Hall–Kier alpha value is -2.08. The summed E-state index contributed by atoms with van der Waals surface area (Å²) in [6.07, 6.45) is 1.25. The molecule has 3 rings (SSSR count). The molecule has 0 saturated carbocycles. The number of hydrogen-bond donors (Lipinski definition) is 1. The number of ether oxygens (including phenoxy) is 1. The fourth-order valence-corrected chi connectivity index (χ4v) is 3.56. The number of aryl methyl sites for hydroxylation is 1. The molecule has 2 atom stereocenters. The Bertz CT molecular complexity index is 605. The summed E-state index contributed by atoms with van der Waals surface area (Å²) >= 11 is 0. The van der Waals surface area contributed by atoms with E-state index >= 15 is 0 Å². The van der Waals surface area contributed by atoms with E-state index in [0.29, 0.717) is 26.1 Å². The fourth-order valence-electron chi connectivity index (χ4n) is 3.56. The van der Waals surface area contributed by atoms with Crippen molar-refractivity contribution in [3.63, 3.8) is 0 Å². The van der Waals surface area contributed by atoms with Crippen LogP contribution in [-0.4, -0.2) is 60.6 Å². The van der Waals surface area contributed by atoms with Gasteiger partial charge in [0.25, 0.3) is 0 Å². The molecule has 2 unspecified atom stereocenters. The zero-order valence-corrected chi connectivity index (χ0v) is 13.6. The molecule has 0 spiro atoms. The van der Waals surface area contributed by atoms with E-state index in [1.165, 1.54) is 0 Å². The number of amides is 3. The second kappa shape index (κ2) is 6.58. The van der Waals surface area contributed by atoms with Crippen molar-refractivity contribution in [1.29, 1.82) is 0 Å². The largest absolute Gasteiger partial charge is 0.383 e. The van der Waals surface area contributed by atoms with E-state index < -0.39 is 0 Å². The lowest BCUT2D eigenvalue weighted by Crippen LogP contribution is -2.42. The van der Waals surface area contributed by atoms with Crippen molar-refractivity contribution in [1.82, 2.24) is 9.80 Å². The molecule has 2 heterocycles. The number of likely N-dealkylation sites (tertiary alicyclic amines) is 2. The van der Waals surface area contributed by atoms with Crippen molar-refractivity contribution >= 4 is 17.6 Å². The highest BCUT2D eigenvalue weighted by molar-refractivity contribution is 5.92. The average Bonchev–Trinajstić information content (AvgIpc) is 3.06. The third-order valence-corrected chi connectivity index (χ3v) is 4.80. The third kappa shape index (κ3) is 3.03. The van der Waals surface area contributed by atoms with E-state index in [-0.39, 0.29) is 24.0 Å². The first-order valence-electron chi connectivity index (χ1n) is 8.03. The van der Waals surface area contributed by atoms with Gasteiger partial charge >= 0.3 is 6.03 Å². The molecule has 6 heteroatoms. The second-order valence-corrected chi connectivity index (χ2v) is 6.15. The lowest BCUT2D eigenvalue weighted by Gasteiger charge is -2.25. The minimum Gasteiger partial charge on any atom is -0.383 e. The van der Waals surface area contributed by atoms with Gasteiger partial charge in [-0.3, -0.25) is 4.79 Å². The number of methoxy groups -OCH3 is 1. The first-order valence-corrected chi connectivity index (χ1v) is 8.03. The number of rotatable bonds is 4. The Morgan fingerprint density at radius 2 is 2.13 bits per heavy atom. The maximum absolute atomic E-state index is 12.6. The molecule has 2 saturated heterocycles. The summed E-state index contributed by atoms with van der Waals surface area (Å²) in [4.78, 5) is 28.5. The Labute approximate surface area is 136 Å². The molecule has 3 amide bonds. The number of carbonyl (C=O) groups excluding carboxylic acids is 2.